The molecule has 5 nitrogen and oxygen atoms in total. The fourth-order valence-corrected chi connectivity index (χ4v) is 5.72. The third-order valence-electron chi connectivity index (χ3n) is 6.06. The number of ether oxygens (including phenoxy) is 1. The number of sulfonamides is 1. The van der Waals surface area contributed by atoms with Gasteiger partial charge in [-0.1, -0.05) is 54.6 Å². The molecule has 0 atom stereocenters. The van der Waals surface area contributed by atoms with Crippen molar-refractivity contribution < 1.29 is 17.6 Å². The molecule has 0 bridgehead atoms. The fourth-order valence-electron chi connectivity index (χ4n) is 4.30. The van der Waals surface area contributed by atoms with E-state index >= 15 is 0 Å². The quantitative estimate of drug-likeness (QED) is 0.315. The molecule has 2 heterocycles. The maximum atomic E-state index is 13.9. The molecule has 3 aromatic carbocycles. The minimum absolute atomic E-state index is 0.198. The molecule has 1 aliphatic heterocycles. The first-order chi connectivity index (χ1) is 16.8. The summed E-state index contributed by atoms with van der Waals surface area (Å²) in [6.45, 7) is 7.89. The molecule has 5 rings (SSSR count). The van der Waals surface area contributed by atoms with Crippen LogP contribution in [-0.4, -0.2) is 19.8 Å². The Morgan fingerprint density at radius 3 is 2.31 bits per heavy atom. The van der Waals surface area contributed by atoms with Crippen molar-refractivity contribution in [2.24, 2.45) is 0 Å². The Balaban J connectivity index is 1.84. The van der Waals surface area contributed by atoms with Gasteiger partial charge in [0.1, 0.15) is 17.1 Å². The number of benzene rings is 3. The molecular weight excluding hydrogens is 458 g/mol. The summed E-state index contributed by atoms with van der Waals surface area (Å²) in [4.78, 5) is 0.198. The highest BCUT2D eigenvalue weighted by Crippen LogP contribution is 2.43. The van der Waals surface area contributed by atoms with E-state index in [1.54, 1.807) is 50.6 Å². The van der Waals surface area contributed by atoms with Gasteiger partial charge in [-0.25, -0.2) is 12.7 Å². The van der Waals surface area contributed by atoms with E-state index in [2.05, 4.69) is 6.58 Å². The molecule has 0 spiro atoms. The number of aryl methyl sites for hydroxylation is 1. The van der Waals surface area contributed by atoms with Gasteiger partial charge in [0.05, 0.1) is 23.3 Å². The predicted octanol–water partition coefficient (Wildman–Crippen LogP) is 6.76. The average Bonchev–Trinajstić information content (AvgIpc) is 3.12. The molecule has 176 valence electrons. The predicted molar refractivity (Wildman–Crippen MR) is 139 cm³/mol. The summed E-state index contributed by atoms with van der Waals surface area (Å²) in [6.07, 6.45) is 3.39. The standard InChI is InChI=1S/C29H25NO4S/c1-19(2)28-27(21-11-13-22(33-4)14-12-21)29-25(24-7-5-6-8-26(24)34-29)17-18-30(28)35(31,32)23-15-9-20(3)10-16-23/h5-18H,1H2,2-4H3. The number of fused-ring (bicyclic) bond motifs is 3. The molecule has 0 unspecified atom stereocenters. The second-order valence-electron chi connectivity index (χ2n) is 8.50. The summed E-state index contributed by atoms with van der Waals surface area (Å²) in [5, 5.41) is 0.903. The Bertz CT molecular complexity index is 1610. The Morgan fingerprint density at radius 1 is 0.971 bits per heavy atom. The molecule has 1 aromatic heterocycles. The Labute approximate surface area is 205 Å². The van der Waals surface area contributed by atoms with Crippen molar-refractivity contribution in [2.45, 2.75) is 18.7 Å². The number of rotatable bonds is 5. The molecular formula is C29H25NO4S. The van der Waals surface area contributed by atoms with Crippen molar-refractivity contribution in [1.82, 2.24) is 4.31 Å². The van der Waals surface area contributed by atoms with E-state index in [9.17, 15) is 8.42 Å². The number of methoxy groups -OCH3 is 1. The van der Waals surface area contributed by atoms with Gasteiger partial charge >= 0.3 is 0 Å². The normalized spacial score (nSPS) is 13.6. The van der Waals surface area contributed by atoms with Gasteiger partial charge in [0.25, 0.3) is 10.0 Å². The van der Waals surface area contributed by atoms with Crippen LogP contribution in [0.5, 0.6) is 5.75 Å². The van der Waals surface area contributed by atoms with Gasteiger partial charge in [-0.3, -0.25) is 0 Å². The van der Waals surface area contributed by atoms with Crippen molar-refractivity contribution in [1.29, 1.82) is 0 Å². The van der Waals surface area contributed by atoms with Gasteiger partial charge in [0.15, 0.2) is 0 Å². The molecule has 0 fully saturated rings. The lowest BCUT2D eigenvalue weighted by molar-refractivity contribution is 0.415. The van der Waals surface area contributed by atoms with Gasteiger partial charge in [-0.05, 0) is 61.4 Å². The summed E-state index contributed by atoms with van der Waals surface area (Å²) in [5.74, 6) is 1.29. The number of furan rings is 1. The lowest BCUT2D eigenvalue weighted by Crippen LogP contribution is -2.26. The lowest BCUT2D eigenvalue weighted by atomic mass is 9.96. The smallest absolute Gasteiger partial charge is 0.268 e. The first-order valence-electron chi connectivity index (χ1n) is 11.2. The summed E-state index contributed by atoms with van der Waals surface area (Å²) >= 11 is 0. The largest absolute Gasteiger partial charge is 0.497 e. The maximum Gasteiger partial charge on any atom is 0.268 e. The monoisotopic (exact) mass is 483 g/mol. The van der Waals surface area contributed by atoms with Crippen LogP contribution < -0.4 is 4.74 Å². The van der Waals surface area contributed by atoms with E-state index in [1.165, 1.54) is 4.31 Å². The highest BCUT2D eigenvalue weighted by molar-refractivity contribution is 7.89. The molecule has 0 amide bonds. The third-order valence-corrected chi connectivity index (χ3v) is 7.75. The number of nitrogens with zero attached hydrogens (tertiary/aromatic N) is 1. The zero-order chi connectivity index (χ0) is 24.7. The SMILES string of the molecule is C=C(C)C1=C(c2ccc(OC)cc2)c2oc3ccccc3c2C=CN1S(=O)(=O)c1ccc(C)cc1. The van der Waals surface area contributed by atoms with Gasteiger partial charge in [-0.15, -0.1) is 0 Å². The molecule has 0 N–H and O–H groups in total. The minimum Gasteiger partial charge on any atom is -0.497 e. The van der Waals surface area contributed by atoms with Crippen LogP contribution in [0.1, 0.15) is 29.4 Å². The van der Waals surface area contributed by atoms with Crippen LogP contribution in [0.4, 0.5) is 0 Å². The first-order valence-corrected chi connectivity index (χ1v) is 12.6. The van der Waals surface area contributed by atoms with E-state index in [4.69, 9.17) is 9.15 Å². The Morgan fingerprint density at radius 2 is 1.66 bits per heavy atom. The summed E-state index contributed by atoms with van der Waals surface area (Å²) in [7, 11) is -2.33. The highest BCUT2D eigenvalue weighted by Gasteiger charge is 2.33. The fraction of sp³-hybridized carbons (Fsp3) is 0.103. The van der Waals surface area contributed by atoms with Crippen LogP contribution in [-0.2, 0) is 10.0 Å². The zero-order valence-electron chi connectivity index (χ0n) is 19.8. The topological polar surface area (TPSA) is 59.8 Å². The lowest BCUT2D eigenvalue weighted by Gasteiger charge is -2.25. The highest BCUT2D eigenvalue weighted by atomic mass is 32.2. The van der Waals surface area contributed by atoms with Crippen LogP contribution in [0.2, 0.25) is 0 Å². The molecule has 0 radical (unpaired) electrons. The molecule has 0 saturated heterocycles. The molecule has 4 aromatic rings. The van der Waals surface area contributed by atoms with Crippen molar-refractivity contribution in [3.8, 4) is 5.75 Å². The minimum atomic E-state index is -3.94. The van der Waals surface area contributed by atoms with E-state index in [0.717, 1.165) is 27.7 Å². The van der Waals surface area contributed by atoms with Crippen molar-refractivity contribution in [2.75, 3.05) is 7.11 Å². The number of allylic oxidation sites excluding steroid dienone is 1. The van der Waals surface area contributed by atoms with E-state index in [1.807, 2.05) is 55.5 Å². The zero-order valence-corrected chi connectivity index (χ0v) is 20.6. The van der Waals surface area contributed by atoms with Gasteiger partial charge < -0.3 is 9.15 Å². The van der Waals surface area contributed by atoms with Crippen LogP contribution in [0.25, 0.3) is 22.6 Å². The van der Waals surface area contributed by atoms with Gasteiger partial charge in [0, 0.05) is 17.1 Å². The molecule has 1 aliphatic rings. The molecule has 6 heteroatoms. The van der Waals surface area contributed by atoms with E-state index in [0.29, 0.717) is 28.4 Å². The van der Waals surface area contributed by atoms with E-state index in [-0.39, 0.29) is 4.90 Å². The van der Waals surface area contributed by atoms with Crippen molar-refractivity contribution >= 4 is 32.6 Å². The van der Waals surface area contributed by atoms with Crippen LogP contribution in [0.3, 0.4) is 0 Å². The molecule has 0 aliphatic carbocycles. The van der Waals surface area contributed by atoms with Gasteiger partial charge in [0.2, 0.25) is 0 Å². The molecule has 0 saturated carbocycles. The van der Waals surface area contributed by atoms with Crippen LogP contribution >= 0.6 is 0 Å². The van der Waals surface area contributed by atoms with Crippen LogP contribution in [0, 0.1) is 6.92 Å². The number of hydrogen-bond acceptors (Lipinski definition) is 4. The summed E-state index contributed by atoms with van der Waals surface area (Å²) < 4.78 is 40.9. The maximum absolute atomic E-state index is 13.9. The Kier molecular flexibility index (Phi) is 5.61. The molecule has 35 heavy (non-hydrogen) atoms. The first kappa shape index (κ1) is 22.7. The van der Waals surface area contributed by atoms with Crippen molar-refractivity contribution in [3.05, 3.63) is 119 Å². The second-order valence-corrected chi connectivity index (χ2v) is 10.3. The number of para-hydroxylation sites is 1. The average molecular weight is 484 g/mol. The van der Waals surface area contributed by atoms with Gasteiger partial charge in [-0.2, -0.15) is 0 Å². The second kappa shape index (κ2) is 8.64. The third kappa shape index (κ3) is 3.86. The summed E-state index contributed by atoms with van der Waals surface area (Å²) in [6, 6.07) is 22.1. The number of hydrogen-bond donors (Lipinski definition) is 0. The summed E-state index contributed by atoms with van der Waals surface area (Å²) in [5.41, 5.74) is 4.99. The van der Waals surface area contributed by atoms with Crippen LogP contribution in [0.15, 0.2) is 106 Å². The van der Waals surface area contributed by atoms with E-state index < -0.39 is 10.0 Å². The van der Waals surface area contributed by atoms with Crippen molar-refractivity contribution in [3.63, 3.8) is 0 Å². The Hall–Kier alpha value is -4.03.